The molecule has 2 amide bonds. The molecule has 1 aliphatic carbocycles. The average molecular weight is 461 g/mol. The Morgan fingerprint density at radius 1 is 1.23 bits per heavy atom. The van der Waals surface area contributed by atoms with Gasteiger partial charge in [0.05, 0.1) is 12.6 Å². The molecule has 1 aromatic heterocycles. The lowest BCUT2D eigenvalue weighted by atomic mass is 10.00. The van der Waals surface area contributed by atoms with Crippen LogP contribution < -0.4 is 4.74 Å². The van der Waals surface area contributed by atoms with Crippen LogP contribution in [-0.4, -0.2) is 47.9 Å². The number of fused-ring (bicyclic) bond motifs is 1. The Morgan fingerprint density at radius 2 is 1.97 bits per heavy atom. The van der Waals surface area contributed by atoms with E-state index in [9.17, 15) is 9.59 Å². The molecule has 0 N–H and O–H groups in total. The fraction of sp³-hybridized carbons (Fsp3) is 0.500. The molecule has 1 aromatic carbocycles. The number of rotatable bonds is 8. The first kappa shape index (κ1) is 22.2. The van der Waals surface area contributed by atoms with Crippen molar-refractivity contribution >= 4 is 34.8 Å². The van der Waals surface area contributed by atoms with Gasteiger partial charge in [-0.1, -0.05) is 25.4 Å². The monoisotopic (exact) mass is 460 g/mol. The van der Waals surface area contributed by atoms with Crippen LogP contribution in [0.2, 0.25) is 5.02 Å². The smallest absolute Gasteiger partial charge is 0.242 e. The van der Waals surface area contributed by atoms with E-state index in [2.05, 4.69) is 25.3 Å². The van der Waals surface area contributed by atoms with Crippen LogP contribution in [0.5, 0.6) is 5.75 Å². The van der Waals surface area contributed by atoms with Crippen molar-refractivity contribution in [2.45, 2.75) is 39.2 Å². The van der Waals surface area contributed by atoms with Crippen molar-refractivity contribution in [1.82, 2.24) is 9.80 Å². The van der Waals surface area contributed by atoms with Gasteiger partial charge in [0.25, 0.3) is 0 Å². The molecule has 1 atom stereocenters. The van der Waals surface area contributed by atoms with Crippen molar-refractivity contribution in [2.24, 2.45) is 11.8 Å². The summed E-state index contributed by atoms with van der Waals surface area (Å²) in [6.45, 7) is 5.94. The van der Waals surface area contributed by atoms with Gasteiger partial charge in [-0.15, -0.1) is 11.3 Å². The van der Waals surface area contributed by atoms with Crippen LogP contribution in [0.1, 0.15) is 43.2 Å². The van der Waals surface area contributed by atoms with Crippen LogP contribution in [-0.2, 0) is 16.0 Å². The molecule has 0 unspecified atom stereocenters. The van der Waals surface area contributed by atoms with Crippen molar-refractivity contribution in [3.63, 3.8) is 0 Å². The zero-order valence-corrected chi connectivity index (χ0v) is 19.6. The fourth-order valence-corrected chi connectivity index (χ4v) is 5.15. The Labute approximate surface area is 192 Å². The number of amides is 2. The van der Waals surface area contributed by atoms with Crippen LogP contribution in [0.3, 0.4) is 0 Å². The standard InChI is InChI=1S/C24H29ClN2O3S/c1-16(2)13-26(24(29)17-3-4-17)14-23(28)27-11-9-22-20(10-12-31-22)21(27)15-30-19-7-5-18(25)6-8-19/h5-8,10,12,16-17,21H,3-4,9,11,13-15H2,1-2H3/t21-/m1/s1. The highest BCUT2D eigenvalue weighted by Crippen LogP contribution is 2.35. The van der Waals surface area contributed by atoms with Crippen molar-refractivity contribution in [1.29, 1.82) is 0 Å². The van der Waals surface area contributed by atoms with E-state index in [4.69, 9.17) is 16.3 Å². The molecule has 0 saturated heterocycles. The highest BCUT2D eigenvalue weighted by molar-refractivity contribution is 7.10. The Kier molecular flexibility index (Phi) is 6.87. The van der Waals surface area contributed by atoms with E-state index < -0.39 is 0 Å². The van der Waals surface area contributed by atoms with Gasteiger partial charge in [-0.2, -0.15) is 0 Å². The number of ether oxygens (including phenoxy) is 1. The van der Waals surface area contributed by atoms with Gasteiger partial charge >= 0.3 is 0 Å². The third-order valence-electron chi connectivity index (χ3n) is 5.79. The predicted molar refractivity (Wildman–Crippen MR) is 124 cm³/mol. The molecule has 31 heavy (non-hydrogen) atoms. The zero-order valence-electron chi connectivity index (χ0n) is 18.1. The highest BCUT2D eigenvalue weighted by Gasteiger charge is 2.37. The normalized spacial score (nSPS) is 18.1. The maximum atomic E-state index is 13.4. The van der Waals surface area contributed by atoms with E-state index in [0.717, 1.165) is 30.6 Å². The number of carbonyl (C=O) groups excluding carboxylic acids is 2. The second-order valence-electron chi connectivity index (χ2n) is 8.80. The minimum absolute atomic E-state index is 0.00351. The van der Waals surface area contributed by atoms with Gasteiger partial charge < -0.3 is 14.5 Å². The Bertz CT molecular complexity index is 923. The molecule has 2 aromatic rings. The summed E-state index contributed by atoms with van der Waals surface area (Å²) in [5.74, 6) is 1.29. The van der Waals surface area contributed by atoms with Crippen molar-refractivity contribution in [3.8, 4) is 5.75 Å². The molecule has 2 aliphatic rings. The summed E-state index contributed by atoms with van der Waals surface area (Å²) >= 11 is 7.71. The van der Waals surface area contributed by atoms with E-state index in [0.29, 0.717) is 30.6 Å². The molecule has 2 heterocycles. The van der Waals surface area contributed by atoms with Crippen molar-refractivity contribution in [3.05, 3.63) is 51.2 Å². The third kappa shape index (κ3) is 5.42. The minimum Gasteiger partial charge on any atom is -0.491 e. The van der Waals surface area contributed by atoms with Crippen molar-refractivity contribution < 1.29 is 14.3 Å². The van der Waals surface area contributed by atoms with Crippen LogP contribution >= 0.6 is 22.9 Å². The van der Waals surface area contributed by atoms with Gasteiger partial charge in [-0.3, -0.25) is 9.59 Å². The molecule has 1 aliphatic heterocycles. The van der Waals surface area contributed by atoms with Crippen LogP contribution in [0.4, 0.5) is 0 Å². The molecule has 1 saturated carbocycles. The first-order chi connectivity index (χ1) is 14.9. The second kappa shape index (κ2) is 9.61. The van der Waals surface area contributed by atoms with E-state index in [1.807, 2.05) is 17.0 Å². The maximum Gasteiger partial charge on any atom is 0.242 e. The number of carbonyl (C=O) groups is 2. The number of halogens is 1. The van der Waals surface area contributed by atoms with E-state index in [1.165, 1.54) is 4.88 Å². The average Bonchev–Trinajstić information content (AvgIpc) is 3.48. The fourth-order valence-electron chi connectivity index (χ4n) is 4.10. The molecule has 0 bridgehead atoms. The highest BCUT2D eigenvalue weighted by atomic mass is 35.5. The molecule has 1 fully saturated rings. The quantitative estimate of drug-likeness (QED) is 0.568. The second-order valence-corrected chi connectivity index (χ2v) is 10.2. The molecular formula is C24H29ClN2O3S. The number of nitrogens with zero attached hydrogens (tertiary/aromatic N) is 2. The van der Waals surface area contributed by atoms with Gasteiger partial charge in [-0.05, 0) is 66.5 Å². The van der Waals surface area contributed by atoms with Gasteiger partial charge in [0.15, 0.2) is 0 Å². The SMILES string of the molecule is CC(C)CN(CC(=O)N1CCc2sccc2[C@H]1COc1ccc(Cl)cc1)C(=O)C1CC1. The summed E-state index contributed by atoms with van der Waals surface area (Å²) in [6, 6.07) is 9.20. The maximum absolute atomic E-state index is 13.4. The predicted octanol–water partition coefficient (Wildman–Crippen LogP) is 4.80. The van der Waals surface area contributed by atoms with Gasteiger partial charge in [-0.25, -0.2) is 0 Å². The van der Waals surface area contributed by atoms with Crippen LogP contribution in [0.15, 0.2) is 35.7 Å². The summed E-state index contributed by atoms with van der Waals surface area (Å²) in [4.78, 5) is 31.1. The Morgan fingerprint density at radius 3 is 2.65 bits per heavy atom. The molecule has 5 nitrogen and oxygen atoms in total. The number of hydrogen-bond acceptors (Lipinski definition) is 4. The lowest BCUT2D eigenvalue weighted by Gasteiger charge is -2.37. The Balaban J connectivity index is 1.49. The summed E-state index contributed by atoms with van der Waals surface area (Å²) in [5.41, 5.74) is 1.16. The van der Waals surface area contributed by atoms with E-state index >= 15 is 0 Å². The lowest BCUT2D eigenvalue weighted by Crippen LogP contribution is -2.48. The number of benzene rings is 1. The van der Waals surface area contributed by atoms with Crippen molar-refractivity contribution in [2.75, 3.05) is 26.2 Å². The van der Waals surface area contributed by atoms with E-state index in [1.54, 1.807) is 28.4 Å². The number of hydrogen-bond donors (Lipinski definition) is 0. The molecule has 7 heteroatoms. The molecule has 0 spiro atoms. The zero-order chi connectivity index (χ0) is 22.0. The molecule has 4 rings (SSSR count). The topological polar surface area (TPSA) is 49.9 Å². The van der Waals surface area contributed by atoms with Gasteiger partial charge in [0, 0.05) is 28.9 Å². The third-order valence-corrected chi connectivity index (χ3v) is 7.04. The molecule has 0 radical (unpaired) electrons. The van der Waals surface area contributed by atoms with Gasteiger partial charge in [0.1, 0.15) is 12.4 Å². The summed E-state index contributed by atoms with van der Waals surface area (Å²) in [5, 5.41) is 2.74. The lowest BCUT2D eigenvalue weighted by molar-refractivity contribution is -0.143. The first-order valence-corrected chi connectivity index (χ1v) is 12.2. The van der Waals surface area contributed by atoms with Gasteiger partial charge in [0.2, 0.25) is 11.8 Å². The summed E-state index contributed by atoms with van der Waals surface area (Å²) in [7, 11) is 0. The van der Waals surface area contributed by atoms with Crippen LogP contribution in [0, 0.1) is 11.8 Å². The Hall–Kier alpha value is -2.05. The summed E-state index contributed by atoms with van der Waals surface area (Å²) in [6.07, 6.45) is 2.74. The number of thiophene rings is 1. The van der Waals surface area contributed by atoms with Crippen LogP contribution in [0.25, 0.3) is 0 Å². The largest absolute Gasteiger partial charge is 0.491 e. The first-order valence-electron chi connectivity index (χ1n) is 10.9. The summed E-state index contributed by atoms with van der Waals surface area (Å²) < 4.78 is 6.04. The molecule has 166 valence electrons. The molecular weight excluding hydrogens is 432 g/mol. The van der Waals surface area contributed by atoms with E-state index in [-0.39, 0.29) is 30.3 Å². The minimum atomic E-state index is -0.157.